The molecule has 4 atom stereocenters. The minimum atomic E-state index is -0.242. The lowest BCUT2D eigenvalue weighted by Crippen LogP contribution is -2.24. The summed E-state index contributed by atoms with van der Waals surface area (Å²) in [5, 5.41) is 3.41. The maximum Gasteiger partial charge on any atom is 0.133 e. The molecule has 0 bridgehead atoms. The highest BCUT2D eigenvalue weighted by Crippen LogP contribution is 2.63. The molecule has 3 aliphatic carbocycles. The van der Waals surface area contributed by atoms with Crippen molar-refractivity contribution in [3.8, 4) is 46.5 Å². The first kappa shape index (κ1) is 27.9. The van der Waals surface area contributed by atoms with Gasteiger partial charge in [0.2, 0.25) is 0 Å². The lowest BCUT2D eigenvalue weighted by Gasteiger charge is -2.22. The van der Waals surface area contributed by atoms with E-state index in [4.69, 9.17) is 4.98 Å². The molecule has 6 heteroatoms. The van der Waals surface area contributed by atoms with Gasteiger partial charge in [0.05, 0.1) is 24.1 Å². The van der Waals surface area contributed by atoms with E-state index in [9.17, 15) is 0 Å². The Hall–Kier alpha value is -3.69. The lowest BCUT2D eigenvalue weighted by atomic mass is 9.85. The number of fused-ring (bicyclic) bond motifs is 4. The van der Waals surface area contributed by atoms with Crippen LogP contribution >= 0.6 is 0 Å². The molecule has 208 valence electrons. The van der Waals surface area contributed by atoms with Crippen LogP contribution in [0.2, 0.25) is 0 Å². The Kier molecular flexibility index (Phi) is 8.23. The van der Waals surface area contributed by atoms with Gasteiger partial charge in [0, 0.05) is 28.8 Å². The van der Waals surface area contributed by atoms with Gasteiger partial charge in [-0.1, -0.05) is 45.0 Å². The number of hydrogen-bond acceptors (Lipinski definition) is 3. The van der Waals surface area contributed by atoms with E-state index in [1.807, 2.05) is 26.0 Å². The van der Waals surface area contributed by atoms with Crippen molar-refractivity contribution in [1.29, 1.82) is 0 Å². The normalized spacial score (nSPS) is 20.3. The second-order valence-electron chi connectivity index (χ2n) is 11.0. The van der Waals surface area contributed by atoms with Crippen LogP contribution in [0, 0.1) is 30.5 Å². The Morgan fingerprint density at radius 1 is 1.02 bits per heavy atom. The van der Waals surface area contributed by atoms with Crippen molar-refractivity contribution >= 4 is 0 Å². The van der Waals surface area contributed by atoms with E-state index >= 15 is 4.39 Å². The van der Waals surface area contributed by atoms with E-state index in [2.05, 4.69) is 65.2 Å². The van der Waals surface area contributed by atoms with Gasteiger partial charge in [-0.25, -0.2) is 14.4 Å². The first-order valence-corrected chi connectivity index (χ1v) is 14.7. The van der Waals surface area contributed by atoms with Gasteiger partial charge in [-0.15, -0.1) is 12.8 Å². The molecular formula is C34H40FN5. The standard InChI is InChI=1S/C30H32FN5.C2H6.C2H2/c1-3-16(2)32-15-28-33-14-27(34-28)22-8-5-18(13-25(22)31)17-4-7-21-19(10-17)6-9-26-29(21)36-30(35-26)24-12-20-11-23(20)24;2*1-2/h4-5,7-8,10,13-14,16,20,23-24,32H,3,6,9,11-12,15H2,1-2H3,(H,33,34)(H,35,36);1-2H3;1-2H/t16-,20+,23?,24+;;/m0../s1. The fraction of sp³-hybridized carbons (Fsp3) is 0.412. The van der Waals surface area contributed by atoms with Crippen LogP contribution in [0.1, 0.15) is 75.8 Å². The zero-order chi connectivity index (χ0) is 28.4. The zero-order valence-electron chi connectivity index (χ0n) is 24.0. The maximum absolute atomic E-state index is 15.2. The largest absolute Gasteiger partial charge is 0.345 e. The van der Waals surface area contributed by atoms with Crippen molar-refractivity contribution in [2.75, 3.05) is 0 Å². The lowest BCUT2D eigenvalue weighted by molar-refractivity contribution is 0.374. The van der Waals surface area contributed by atoms with Crippen LogP contribution < -0.4 is 5.32 Å². The fourth-order valence-electron chi connectivity index (χ4n) is 6.05. The number of hydrogen-bond donors (Lipinski definition) is 3. The van der Waals surface area contributed by atoms with Crippen molar-refractivity contribution < 1.29 is 4.39 Å². The molecule has 2 heterocycles. The predicted molar refractivity (Wildman–Crippen MR) is 161 cm³/mol. The van der Waals surface area contributed by atoms with Crippen LogP contribution in [0.4, 0.5) is 4.39 Å². The molecule has 2 fully saturated rings. The summed E-state index contributed by atoms with van der Waals surface area (Å²) in [6, 6.07) is 12.4. The predicted octanol–water partition coefficient (Wildman–Crippen LogP) is 7.66. The van der Waals surface area contributed by atoms with Crippen LogP contribution in [-0.4, -0.2) is 26.0 Å². The second kappa shape index (κ2) is 11.8. The minimum Gasteiger partial charge on any atom is -0.345 e. The number of aromatic amines is 2. The van der Waals surface area contributed by atoms with Crippen molar-refractivity contribution in [2.45, 2.75) is 78.3 Å². The molecule has 40 heavy (non-hydrogen) atoms. The van der Waals surface area contributed by atoms with Crippen molar-refractivity contribution in [2.24, 2.45) is 11.8 Å². The molecule has 2 aromatic heterocycles. The van der Waals surface area contributed by atoms with Crippen LogP contribution in [0.3, 0.4) is 0 Å². The van der Waals surface area contributed by atoms with Gasteiger partial charge in [0.25, 0.3) is 0 Å². The highest BCUT2D eigenvalue weighted by molar-refractivity contribution is 5.76. The van der Waals surface area contributed by atoms with Gasteiger partial charge >= 0.3 is 0 Å². The van der Waals surface area contributed by atoms with Crippen LogP contribution in [-0.2, 0) is 19.4 Å². The Labute approximate surface area is 237 Å². The molecule has 0 saturated heterocycles. The third kappa shape index (κ3) is 5.23. The van der Waals surface area contributed by atoms with Crippen LogP contribution in [0.25, 0.3) is 33.6 Å². The smallest absolute Gasteiger partial charge is 0.133 e. The van der Waals surface area contributed by atoms with Gasteiger partial charge < -0.3 is 15.3 Å². The van der Waals surface area contributed by atoms with E-state index < -0.39 is 0 Å². The van der Waals surface area contributed by atoms with Gasteiger partial charge in [-0.2, -0.15) is 0 Å². The number of terminal acetylenes is 1. The summed E-state index contributed by atoms with van der Waals surface area (Å²) < 4.78 is 15.2. The summed E-state index contributed by atoms with van der Waals surface area (Å²) >= 11 is 0. The number of aryl methyl sites for hydroxylation is 2. The minimum absolute atomic E-state index is 0.242. The maximum atomic E-state index is 15.2. The van der Waals surface area contributed by atoms with E-state index in [1.165, 1.54) is 35.5 Å². The third-order valence-corrected chi connectivity index (χ3v) is 8.66. The molecule has 4 aromatic rings. The highest BCUT2D eigenvalue weighted by atomic mass is 19.1. The average molecular weight is 538 g/mol. The molecule has 5 nitrogen and oxygen atoms in total. The Balaban J connectivity index is 0.000000774. The van der Waals surface area contributed by atoms with Gasteiger partial charge in [0.1, 0.15) is 17.5 Å². The first-order valence-electron chi connectivity index (χ1n) is 14.7. The summed E-state index contributed by atoms with van der Waals surface area (Å²) in [7, 11) is 0. The summed E-state index contributed by atoms with van der Waals surface area (Å²) in [6.45, 7) is 8.93. The molecule has 2 saturated carbocycles. The molecule has 1 unspecified atom stereocenters. The summed E-state index contributed by atoms with van der Waals surface area (Å²) in [6.07, 6.45) is 15.4. The van der Waals surface area contributed by atoms with Crippen molar-refractivity contribution in [1.82, 2.24) is 25.3 Å². The molecule has 2 aromatic carbocycles. The fourth-order valence-corrected chi connectivity index (χ4v) is 6.05. The number of benzene rings is 2. The average Bonchev–Trinajstić information content (AvgIpc) is 3.31. The van der Waals surface area contributed by atoms with Gasteiger partial charge in [0.15, 0.2) is 0 Å². The molecule has 3 N–H and O–H groups in total. The number of nitrogens with one attached hydrogen (secondary N) is 3. The Morgan fingerprint density at radius 2 is 1.77 bits per heavy atom. The Morgan fingerprint density at radius 3 is 2.45 bits per heavy atom. The van der Waals surface area contributed by atoms with E-state index in [1.54, 1.807) is 12.3 Å². The molecular weight excluding hydrogens is 497 g/mol. The summed E-state index contributed by atoms with van der Waals surface area (Å²) in [5.74, 6) is 4.28. The van der Waals surface area contributed by atoms with Crippen LogP contribution in [0.5, 0.6) is 0 Å². The quantitative estimate of drug-likeness (QED) is 0.212. The number of aromatic nitrogens is 4. The van der Waals surface area contributed by atoms with Crippen molar-refractivity contribution in [3.63, 3.8) is 0 Å². The van der Waals surface area contributed by atoms with Crippen molar-refractivity contribution in [3.05, 3.63) is 71.3 Å². The van der Waals surface area contributed by atoms with E-state index in [0.717, 1.165) is 53.7 Å². The number of imidazole rings is 2. The van der Waals surface area contributed by atoms with E-state index in [-0.39, 0.29) is 5.82 Å². The second-order valence-corrected chi connectivity index (χ2v) is 11.0. The topological polar surface area (TPSA) is 69.4 Å². The summed E-state index contributed by atoms with van der Waals surface area (Å²) in [4.78, 5) is 16.4. The van der Waals surface area contributed by atoms with Gasteiger partial charge in [-0.3, -0.25) is 0 Å². The molecule has 3 aliphatic rings. The van der Waals surface area contributed by atoms with Crippen LogP contribution in [0.15, 0.2) is 42.6 Å². The molecule has 0 spiro atoms. The number of rotatable bonds is 7. The summed E-state index contributed by atoms with van der Waals surface area (Å²) in [5.41, 5.74) is 8.11. The molecule has 0 aliphatic heterocycles. The van der Waals surface area contributed by atoms with E-state index in [0.29, 0.717) is 29.8 Å². The number of nitrogens with zero attached hydrogens (tertiary/aromatic N) is 2. The zero-order valence-corrected chi connectivity index (χ0v) is 24.0. The molecule has 0 amide bonds. The number of halogens is 1. The SMILES string of the molecule is C#C.CC.CC[C@H](C)NCc1ncc(-c2ccc(-c3ccc4c(c3)CCc3[nH]c([C@@H]5C[C@H]6CC65)nc3-4)cc2F)[nH]1. The molecule has 7 rings (SSSR count). The number of H-pyrrole nitrogens is 2. The van der Waals surface area contributed by atoms with Gasteiger partial charge in [-0.05, 0) is 79.7 Å². The first-order chi connectivity index (χ1) is 19.6. The molecule has 0 radical (unpaired) electrons. The highest BCUT2D eigenvalue weighted by Gasteiger charge is 2.55. The third-order valence-electron chi connectivity index (χ3n) is 8.66. The monoisotopic (exact) mass is 537 g/mol. The Bertz CT molecular complexity index is 1500.